The molecule has 1 aromatic carbocycles. The maximum atomic E-state index is 12.2. The van der Waals surface area contributed by atoms with Crippen LogP contribution in [-0.4, -0.2) is 12.9 Å². The van der Waals surface area contributed by atoms with E-state index in [1.807, 2.05) is 0 Å². The van der Waals surface area contributed by atoms with Crippen LogP contribution in [0.25, 0.3) is 0 Å². The summed E-state index contributed by atoms with van der Waals surface area (Å²) in [7, 11) is 1.49. The van der Waals surface area contributed by atoms with Crippen LogP contribution in [0.2, 0.25) is 4.34 Å². The van der Waals surface area contributed by atoms with E-state index >= 15 is 0 Å². The quantitative estimate of drug-likeness (QED) is 0.686. The highest BCUT2D eigenvalue weighted by atomic mass is 35.5. The number of benzene rings is 1. The van der Waals surface area contributed by atoms with Crippen LogP contribution in [0.4, 0.5) is 5.69 Å². The molecule has 0 bridgehead atoms. The molecule has 2 aromatic rings. The predicted molar refractivity (Wildman–Crippen MR) is 70.2 cm³/mol. The van der Waals surface area contributed by atoms with E-state index in [9.17, 15) is 4.79 Å². The normalized spacial score (nSPS) is 10.2. The summed E-state index contributed by atoms with van der Waals surface area (Å²) < 4.78 is 5.73. The maximum absolute atomic E-state index is 12.2. The van der Waals surface area contributed by atoms with Gasteiger partial charge >= 0.3 is 0 Å². The molecule has 3 nitrogen and oxygen atoms in total. The van der Waals surface area contributed by atoms with Crippen molar-refractivity contribution in [3.05, 3.63) is 45.1 Å². The van der Waals surface area contributed by atoms with Crippen LogP contribution in [0.3, 0.4) is 0 Å². The first-order chi connectivity index (χ1) is 8.13. The van der Waals surface area contributed by atoms with Gasteiger partial charge in [0.15, 0.2) is 5.75 Å². The van der Waals surface area contributed by atoms with E-state index in [1.54, 1.807) is 30.3 Å². The summed E-state index contributed by atoms with van der Waals surface area (Å²) in [4.78, 5) is 12.8. The van der Waals surface area contributed by atoms with Crippen LogP contribution in [0, 0.1) is 0 Å². The van der Waals surface area contributed by atoms with Gasteiger partial charge in [-0.15, -0.1) is 11.3 Å². The van der Waals surface area contributed by atoms with Crippen LogP contribution in [0.15, 0.2) is 30.3 Å². The summed E-state index contributed by atoms with van der Waals surface area (Å²) >= 11 is 7.04. The second-order valence-corrected chi connectivity index (χ2v) is 5.08. The third kappa shape index (κ3) is 2.28. The van der Waals surface area contributed by atoms with Gasteiger partial charge < -0.3 is 10.5 Å². The molecule has 1 heterocycles. The zero-order valence-corrected chi connectivity index (χ0v) is 10.6. The van der Waals surface area contributed by atoms with Crippen molar-refractivity contribution < 1.29 is 9.53 Å². The number of carbonyl (C=O) groups excluding carboxylic acids is 1. The number of carbonyl (C=O) groups is 1. The molecular formula is C12H10ClNO2S. The first-order valence-electron chi connectivity index (χ1n) is 4.86. The topological polar surface area (TPSA) is 52.3 Å². The summed E-state index contributed by atoms with van der Waals surface area (Å²) in [6.45, 7) is 0. The molecule has 17 heavy (non-hydrogen) atoms. The molecule has 1 aromatic heterocycles. The number of hydrogen-bond donors (Lipinski definition) is 1. The van der Waals surface area contributed by atoms with E-state index in [-0.39, 0.29) is 5.78 Å². The van der Waals surface area contributed by atoms with Crippen molar-refractivity contribution in [1.29, 1.82) is 0 Å². The van der Waals surface area contributed by atoms with Crippen LogP contribution in [-0.2, 0) is 0 Å². The van der Waals surface area contributed by atoms with E-state index in [0.29, 0.717) is 26.2 Å². The Morgan fingerprint density at radius 1 is 1.35 bits per heavy atom. The molecule has 0 saturated heterocycles. The molecule has 0 spiro atoms. The van der Waals surface area contributed by atoms with Gasteiger partial charge in [-0.05, 0) is 24.3 Å². The van der Waals surface area contributed by atoms with Crippen LogP contribution in [0.1, 0.15) is 15.2 Å². The summed E-state index contributed by atoms with van der Waals surface area (Å²) in [5.74, 6) is 0.271. The summed E-state index contributed by atoms with van der Waals surface area (Å²) in [5, 5.41) is 0. The lowest BCUT2D eigenvalue weighted by Crippen LogP contribution is -2.04. The molecule has 0 aliphatic heterocycles. The van der Waals surface area contributed by atoms with Crippen molar-refractivity contribution in [2.45, 2.75) is 0 Å². The Balaban J connectivity index is 2.47. The number of thiophene rings is 1. The molecule has 0 saturated carbocycles. The molecule has 0 fully saturated rings. The molecule has 0 aliphatic rings. The number of halogens is 1. The molecule has 0 unspecified atom stereocenters. The lowest BCUT2D eigenvalue weighted by atomic mass is 10.1. The Bertz CT molecular complexity index is 565. The van der Waals surface area contributed by atoms with Gasteiger partial charge in [-0.1, -0.05) is 17.7 Å². The monoisotopic (exact) mass is 267 g/mol. The largest absolute Gasteiger partial charge is 0.494 e. The number of nitrogen functional groups attached to an aromatic ring is 1. The minimum Gasteiger partial charge on any atom is -0.494 e. The Labute approximate surface area is 108 Å². The fourth-order valence-electron chi connectivity index (χ4n) is 1.53. The fraction of sp³-hybridized carbons (Fsp3) is 0.0833. The third-order valence-corrected chi connectivity index (χ3v) is 3.52. The highest BCUT2D eigenvalue weighted by molar-refractivity contribution is 7.18. The van der Waals surface area contributed by atoms with Crippen molar-refractivity contribution in [2.75, 3.05) is 12.8 Å². The maximum Gasteiger partial charge on any atom is 0.206 e. The zero-order chi connectivity index (χ0) is 12.4. The molecule has 0 amide bonds. The smallest absolute Gasteiger partial charge is 0.206 e. The van der Waals surface area contributed by atoms with Crippen LogP contribution >= 0.6 is 22.9 Å². The predicted octanol–water partition coefficient (Wildman–Crippen LogP) is 3.22. The van der Waals surface area contributed by atoms with Gasteiger partial charge in [-0.25, -0.2) is 0 Å². The number of para-hydroxylation sites is 1. The first kappa shape index (κ1) is 12.0. The number of nitrogens with two attached hydrogens (primary N) is 1. The fourth-order valence-corrected chi connectivity index (χ4v) is 2.53. The van der Waals surface area contributed by atoms with E-state index in [1.165, 1.54) is 18.4 Å². The van der Waals surface area contributed by atoms with Crippen molar-refractivity contribution in [3.63, 3.8) is 0 Å². The summed E-state index contributed by atoms with van der Waals surface area (Å²) in [6, 6.07) is 8.48. The van der Waals surface area contributed by atoms with Crippen LogP contribution in [0.5, 0.6) is 5.75 Å². The number of methoxy groups -OCH3 is 1. The molecule has 0 radical (unpaired) electrons. The molecule has 2 N–H and O–H groups in total. The van der Waals surface area contributed by atoms with E-state index in [0.717, 1.165) is 0 Å². The van der Waals surface area contributed by atoms with Crippen LogP contribution < -0.4 is 10.5 Å². The van der Waals surface area contributed by atoms with Crippen molar-refractivity contribution >= 4 is 34.4 Å². The third-order valence-electron chi connectivity index (χ3n) is 2.29. The van der Waals surface area contributed by atoms with Gasteiger partial charge in [0, 0.05) is 0 Å². The Kier molecular flexibility index (Phi) is 3.36. The van der Waals surface area contributed by atoms with Gasteiger partial charge in [-0.2, -0.15) is 0 Å². The van der Waals surface area contributed by atoms with Crippen molar-refractivity contribution in [2.24, 2.45) is 0 Å². The highest BCUT2D eigenvalue weighted by Gasteiger charge is 2.17. The van der Waals surface area contributed by atoms with E-state index in [2.05, 4.69) is 0 Å². The Hall–Kier alpha value is -1.52. The lowest BCUT2D eigenvalue weighted by Gasteiger charge is -2.08. The molecule has 88 valence electrons. The molecule has 0 atom stereocenters. The summed E-state index contributed by atoms with van der Waals surface area (Å²) in [5.41, 5.74) is 6.65. The minimum absolute atomic E-state index is 0.133. The molecule has 2 rings (SSSR count). The number of rotatable bonds is 3. The first-order valence-corrected chi connectivity index (χ1v) is 6.05. The second-order valence-electron chi connectivity index (χ2n) is 3.36. The van der Waals surface area contributed by atoms with Gasteiger partial charge in [0.2, 0.25) is 5.78 Å². The average molecular weight is 268 g/mol. The van der Waals surface area contributed by atoms with Gasteiger partial charge in [0.1, 0.15) is 0 Å². The van der Waals surface area contributed by atoms with E-state index in [4.69, 9.17) is 22.1 Å². The van der Waals surface area contributed by atoms with Gasteiger partial charge in [0.25, 0.3) is 0 Å². The van der Waals surface area contributed by atoms with Gasteiger partial charge in [-0.3, -0.25) is 4.79 Å². The second kappa shape index (κ2) is 4.77. The lowest BCUT2D eigenvalue weighted by molar-refractivity contribution is 0.103. The molecular weight excluding hydrogens is 258 g/mol. The van der Waals surface area contributed by atoms with Gasteiger partial charge in [0.05, 0.1) is 27.6 Å². The van der Waals surface area contributed by atoms with Crippen molar-refractivity contribution in [3.8, 4) is 5.75 Å². The SMILES string of the molecule is COc1c(N)cccc1C(=O)c1ccc(Cl)s1. The standard InChI is InChI=1S/C12H10ClNO2S/c1-16-12-7(3-2-4-8(12)14)11(15)9-5-6-10(13)17-9/h2-6H,14H2,1H3. The molecule has 5 heteroatoms. The van der Waals surface area contributed by atoms with E-state index < -0.39 is 0 Å². The number of hydrogen-bond acceptors (Lipinski definition) is 4. The summed E-state index contributed by atoms with van der Waals surface area (Å²) in [6.07, 6.45) is 0. The molecule has 0 aliphatic carbocycles. The number of anilines is 1. The Morgan fingerprint density at radius 3 is 2.71 bits per heavy atom. The average Bonchev–Trinajstić information content (AvgIpc) is 2.74. The number of ether oxygens (including phenoxy) is 1. The highest BCUT2D eigenvalue weighted by Crippen LogP contribution is 2.30. The number of ketones is 1. The minimum atomic E-state index is -0.133. The zero-order valence-electron chi connectivity index (χ0n) is 9.07. The Morgan fingerprint density at radius 2 is 2.12 bits per heavy atom. The van der Waals surface area contributed by atoms with Crippen molar-refractivity contribution in [1.82, 2.24) is 0 Å².